The fraction of sp³-hybridized carbons (Fsp3) is 0.278. The average molecular weight is 331 g/mol. The summed E-state index contributed by atoms with van der Waals surface area (Å²) in [5.74, 6) is 0.327. The van der Waals surface area contributed by atoms with Crippen molar-refractivity contribution in [1.29, 1.82) is 0 Å². The topological polar surface area (TPSA) is 62.5 Å². The first-order chi connectivity index (χ1) is 11.1. The monoisotopic (exact) mass is 331 g/mol. The first kappa shape index (κ1) is 17.4. The number of benzene rings is 1. The van der Waals surface area contributed by atoms with Gasteiger partial charge in [-0.2, -0.15) is 0 Å². The molecule has 4 nitrogen and oxygen atoms in total. The van der Waals surface area contributed by atoms with Crippen LogP contribution >= 0.6 is 11.8 Å². The Balaban J connectivity index is 1.82. The average Bonchev–Trinajstić information content (AvgIpc) is 3.08. The normalized spacial score (nSPS) is 13.9. The van der Waals surface area contributed by atoms with Gasteiger partial charge in [0.05, 0.1) is 6.26 Å². The van der Waals surface area contributed by atoms with Crippen LogP contribution in [0.2, 0.25) is 0 Å². The first-order valence-electron chi connectivity index (χ1n) is 7.42. The summed E-state index contributed by atoms with van der Waals surface area (Å²) >= 11 is 1.68. The highest BCUT2D eigenvalue weighted by Gasteiger charge is 2.15. The number of carbonyl (C=O) groups excluding carboxylic acids is 1. The molecule has 0 aliphatic heterocycles. The van der Waals surface area contributed by atoms with E-state index >= 15 is 0 Å². The van der Waals surface area contributed by atoms with Crippen LogP contribution in [0.1, 0.15) is 30.8 Å². The molecule has 0 bridgehead atoms. The van der Waals surface area contributed by atoms with Crippen molar-refractivity contribution < 1.29 is 14.3 Å². The van der Waals surface area contributed by atoms with Gasteiger partial charge in [-0.15, -0.1) is 11.8 Å². The third-order valence-electron chi connectivity index (χ3n) is 3.38. The molecular weight excluding hydrogens is 310 g/mol. The molecule has 0 spiro atoms. The van der Waals surface area contributed by atoms with Crippen molar-refractivity contribution in [2.45, 2.75) is 30.4 Å². The van der Waals surface area contributed by atoms with Gasteiger partial charge in [0, 0.05) is 23.4 Å². The Morgan fingerprint density at radius 1 is 1.35 bits per heavy atom. The van der Waals surface area contributed by atoms with Gasteiger partial charge in [-0.25, -0.2) is 0 Å². The summed E-state index contributed by atoms with van der Waals surface area (Å²) < 4.78 is 5.15. The molecule has 2 atom stereocenters. The molecule has 1 aromatic heterocycles. The summed E-state index contributed by atoms with van der Waals surface area (Å²) in [4.78, 5) is 13.1. The highest BCUT2D eigenvalue weighted by Crippen LogP contribution is 2.18. The second-order valence-corrected chi connectivity index (χ2v) is 6.16. The van der Waals surface area contributed by atoms with Gasteiger partial charge in [0.25, 0.3) is 0 Å². The second kappa shape index (κ2) is 8.60. The summed E-state index contributed by atoms with van der Waals surface area (Å²) in [6.45, 7) is 1.85. The molecule has 122 valence electrons. The smallest absolute Gasteiger partial charge is 0.244 e. The van der Waals surface area contributed by atoms with Gasteiger partial charge in [-0.05, 0) is 49.1 Å². The highest BCUT2D eigenvalue weighted by molar-refractivity contribution is 7.98. The molecule has 23 heavy (non-hydrogen) atoms. The van der Waals surface area contributed by atoms with Crippen molar-refractivity contribution in [3.05, 3.63) is 60.1 Å². The standard InChI is InChI=1S/C18H21NO3S/c1-13(12-16(20)17-4-3-11-22-17)19-18(21)10-7-14-5-8-15(23-2)9-6-14/h3-11,13,16,20H,12H2,1-2H3,(H,19,21)/b10-7+. The maximum Gasteiger partial charge on any atom is 0.244 e. The number of furan rings is 1. The Labute approximate surface area is 140 Å². The van der Waals surface area contributed by atoms with Crippen LogP contribution < -0.4 is 5.32 Å². The molecule has 0 radical (unpaired) electrons. The summed E-state index contributed by atoms with van der Waals surface area (Å²) in [5.41, 5.74) is 0.973. The van der Waals surface area contributed by atoms with Crippen LogP contribution in [-0.2, 0) is 4.79 Å². The Bertz CT molecular complexity index is 635. The van der Waals surface area contributed by atoms with E-state index in [2.05, 4.69) is 5.32 Å². The van der Waals surface area contributed by atoms with Crippen LogP contribution in [0.3, 0.4) is 0 Å². The van der Waals surface area contributed by atoms with E-state index in [1.165, 1.54) is 17.2 Å². The number of hydrogen-bond donors (Lipinski definition) is 2. The van der Waals surface area contributed by atoms with Crippen molar-refractivity contribution in [1.82, 2.24) is 5.32 Å². The van der Waals surface area contributed by atoms with Crippen LogP contribution in [0.4, 0.5) is 0 Å². The first-order valence-corrected chi connectivity index (χ1v) is 8.65. The molecule has 5 heteroatoms. The van der Waals surface area contributed by atoms with Gasteiger partial charge in [0.1, 0.15) is 11.9 Å². The Hall–Kier alpha value is -1.98. The SMILES string of the molecule is CSc1ccc(/C=C/C(=O)NC(C)CC(O)c2ccco2)cc1. The van der Waals surface area contributed by atoms with Crippen LogP contribution in [-0.4, -0.2) is 23.3 Å². The molecule has 0 saturated carbocycles. The number of thioether (sulfide) groups is 1. The van der Waals surface area contributed by atoms with Gasteiger partial charge >= 0.3 is 0 Å². The Morgan fingerprint density at radius 3 is 2.70 bits per heavy atom. The molecule has 1 amide bonds. The fourth-order valence-corrected chi connectivity index (χ4v) is 2.58. The lowest BCUT2D eigenvalue weighted by atomic mass is 10.1. The number of rotatable bonds is 7. The lowest BCUT2D eigenvalue weighted by molar-refractivity contribution is -0.117. The van der Waals surface area contributed by atoms with E-state index in [-0.39, 0.29) is 11.9 Å². The third kappa shape index (κ3) is 5.62. The lowest BCUT2D eigenvalue weighted by Gasteiger charge is -2.15. The van der Waals surface area contributed by atoms with Gasteiger partial charge in [0.15, 0.2) is 0 Å². The zero-order valence-corrected chi connectivity index (χ0v) is 14.0. The minimum atomic E-state index is -0.719. The van der Waals surface area contributed by atoms with Crippen LogP contribution in [0.15, 0.2) is 58.1 Å². The van der Waals surface area contributed by atoms with E-state index in [0.29, 0.717) is 12.2 Å². The quantitative estimate of drug-likeness (QED) is 0.600. The molecular formula is C18H21NO3S. The van der Waals surface area contributed by atoms with Crippen molar-refractivity contribution in [2.24, 2.45) is 0 Å². The summed E-state index contributed by atoms with van der Waals surface area (Å²) in [7, 11) is 0. The maximum atomic E-state index is 11.9. The van der Waals surface area contributed by atoms with E-state index in [1.54, 1.807) is 30.0 Å². The molecule has 0 aliphatic carbocycles. The van der Waals surface area contributed by atoms with E-state index < -0.39 is 6.10 Å². The Kier molecular flexibility index (Phi) is 6.50. The molecule has 0 aliphatic rings. The van der Waals surface area contributed by atoms with Gasteiger partial charge in [-0.1, -0.05) is 12.1 Å². The van der Waals surface area contributed by atoms with E-state index in [4.69, 9.17) is 4.42 Å². The molecule has 1 aromatic carbocycles. The zero-order valence-electron chi connectivity index (χ0n) is 13.2. The number of aliphatic hydroxyl groups excluding tert-OH is 1. The molecule has 2 unspecified atom stereocenters. The van der Waals surface area contributed by atoms with Gasteiger partial charge < -0.3 is 14.8 Å². The van der Waals surface area contributed by atoms with Crippen LogP contribution in [0, 0.1) is 0 Å². The van der Waals surface area contributed by atoms with Crippen LogP contribution in [0.5, 0.6) is 0 Å². The molecule has 0 saturated heterocycles. The van der Waals surface area contributed by atoms with E-state index in [0.717, 1.165) is 5.56 Å². The van der Waals surface area contributed by atoms with Crippen molar-refractivity contribution in [2.75, 3.05) is 6.26 Å². The molecule has 0 fully saturated rings. The van der Waals surface area contributed by atoms with Crippen molar-refractivity contribution >= 4 is 23.7 Å². The predicted molar refractivity (Wildman–Crippen MR) is 93.1 cm³/mol. The second-order valence-electron chi connectivity index (χ2n) is 5.28. The highest BCUT2D eigenvalue weighted by atomic mass is 32.2. The van der Waals surface area contributed by atoms with E-state index in [1.807, 2.05) is 37.4 Å². The maximum absolute atomic E-state index is 11.9. The van der Waals surface area contributed by atoms with Gasteiger partial charge in [0.2, 0.25) is 5.91 Å². The summed E-state index contributed by atoms with van der Waals surface area (Å²) in [6, 6.07) is 11.3. The zero-order chi connectivity index (χ0) is 16.7. The number of amides is 1. The van der Waals surface area contributed by atoms with Gasteiger partial charge in [-0.3, -0.25) is 4.79 Å². The molecule has 1 heterocycles. The summed E-state index contributed by atoms with van der Waals surface area (Å²) in [5, 5.41) is 12.8. The number of nitrogens with one attached hydrogen (secondary N) is 1. The summed E-state index contributed by atoms with van der Waals surface area (Å²) in [6.07, 6.45) is 6.50. The molecule has 2 N–H and O–H groups in total. The fourth-order valence-electron chi connectivity index (χ4n) is 2.17. The van der Waals surface area contributed by atoms with Crippen LogP contribution in [0.25, 0.3) is 6.08 Å². The largest absolute Gasteiger partial charge is 0.467 e. The van der Waals surface area contributed by atoms with Crippen molar-refractivity contribution in [3.8, 4) is 0 Å². The molecule has 2 aromatic rings. The number of hydrogen-bond acceptors (Lipinski definition) is 4. The number of carbonyl (C=O) groups is 1. The minimum Gasteiger partial charge on any atom is -0.467 e. The minimum absolute atomic E-state index is 0.161. The van der Waals surface area contributed by atoms with E-state index in [9.17, 15) is 9.90 Å². The third-order valence-corrected chi connectivity index (χ3v) is 4.12. The Morgan fingerprint density at radius 2 is 2.09 bits per heavy atom. The number of aliphatic hydroxyl groups is 1. The molecule has 2 rings (SSSR count). The predicted octanol–water partition coefficient (Wildman–Crippen LogP) is 3.64. The lowest BCUT2D eigenvalue weighted by Crippen LogP contribution is -2.32. The van der Waals surface area contributed by atoms with Crippen molar-refractivity contribution in [3.63, 3.8) is 0 Å².